The molecule has 10 heteroatoms. The predicted octanol–water partition coefficient (Wildman–Crippen LogP) is 3.23. The van der Waals surface area contributed by atoms with Gasteiger partial charge in [-0.05, 0) is 52.8 Å². The van der Waals surface area contributed by atoms with Crippen LogP contribution in [0.25, 0.3) is 0 Å². The van der Waals surface area contributed by atoms with Gasteiger partial charge in [-0.25, -0.2) is 12.7 Å². The number of hydrogen-bond acceptors (Lipinski definition) is 6. The fraction of sp³-hybridized carbons (Fsp3) is 0.389. The first-order valence-electron chi connectivity index (χ1n) is 8.54. The van der Waals surface area contributed by atoms with Crippen molar-refractivity contribution in [3.05, 3.63) is 39.0 Å². The second kappa shape index (κ2) is 9.84. The zero-order chi connectivity index (χ0) is 20.9. The summed E-state index contributed by atoms with van der Waals surface area (Å²) >= 11 is 5.07. The molecule has 1 aromatic heterocycles. The van der Waals surface area contributed by atoms with E-state index in [0.29, 0.717) is 18.8 Å². The lowest BCUT2D eigenvalue weighted by molar-refractivity contribution is -0.117. The number of sulfonamides is 1. The average Bonchev–Trinajstić information content (AvgIpc) is 3.05. The molecule has 0 unspecified atom stereocenters. The van der Waals surface area contributed by atoms with Crippen LogP contribution >= 0.6 is 27.3 Å². The van der Waals surface area contributed by atoms with Gasteiger partial charge in [0.05, 0.1) is 17.4 Å². The standard InChI is InChI=1S/C18H24BrN3O4S2/c1-5-22(11-14-7-9-17(19)27-14)12-18(23)20-13-6-8-15(26-4)16(10-13)28(24,25)21(2)3/h6-10H,5,11-12H2,1-4H3,(H,20,23). The topological polar surface area (TPSA) is 79.0 Å². The van der Waals surface area contributed by atoms with Crippen molar-refractivity contribution in [2.24, 2.45) is 0 Å². The molecule has 0 aliphatic carbocycles. The van der Waals surface area contributed by atoms with Gasteiger partial charge in [-0.15, -0.1) is 11.3 Å². The van der Waals surface area contributed by atoms with E-state index in [1.54, 1.807) is 17.4 Å². The Bertz CT molecular complexity index is 929. The molecule has 7 nitrogen and oxygen atoms in total. The number of nitrogens with one attached hydrogen (secondary N) is 1. The van der Waals surface area contributed by atoms with E-state index in [-0.39, 0.29) is 23.1 Å². The summed E-state index contributed by atoms with van der Waals surface area (Å²) in [6.07, 6.45) is 0. The minimum Gasteiger partial charge on any atom is -0.495 e. The first kappa shape index (κ1) is 22.8. The van der Waals surface area contributed by atoms with E-state index < -0.39 is 10.0 Å². The summed E-state index contributed by atoms with van der Waals surface area (Å²) in [6.45, 7) is 3.58. The van der Waals surface area contributed by atoms with Gasteiger partial charge in [0.15, 0.2) is 0 Å². The highest BCUT2D eigenvalue weighted by atomic mass is 79.9. The van der Waals surface area contributed by atoms with Gasteiger partial charge < -0.3 is 10.1 Å². The summed E-state index contributed by atoms with van der Waals surface area (Å²) in [7, 11) is 0.600. The smallest absolute Gasteiger partial charge is 0.246 e. The minimum absolute atomic E-state index is 0.00795. The number of hydrogen-bond donors (Lipinski definition) is 1. The minimum atomic E-state index is -3.70. The molecule has 0 aliphatic rings. The number of carbonyl (C=O) groups is 1. The van der Waals surface area contributed by atoms with Crippen molar-refractivity contribution in [1.82, 2.24) is 9.21 Å². The second-order valence-corrected chi connectivity index (χ2v) is 10.9. The number of halogens is 1. The van der Waals surface area contributed by atoms with E-state index in [4.69, 9.17) is 4.74 Å². The molecule has 0 spiro atoms. The van der Waals surface area contributed by atoms with Crippen molar-refractivity contribution >= 4 is 48.9 Å². The third-order valence-electron chi connectivity index (χ3n) is 4.03. The normalized spacial score (nSPS) is 11.8. The monoisotopic (exact) mass is 489 g/mol. The highest BCUT2D eigenvalue weighted by Gasteiger charge is 2.23. The maximum atomic E-state index is 12.5. The molecule has 0 aliphatic heterocycles. The Morgan fingerprint density at radius 3 is 2.50 bits per heavy atom. The molecule has 0 saturated carbocycles. The lowest BCUT2D eigenvalue weighted by Crippen LogP contribution is -2.32. The van der Waals surface area contributed by atoms with Crippen molar-refractivity contribution < 1.29 is 17.9 Å². The molecule has 0 atom stereocenters. The molecule has 0 radical (unpaired) electrons. The number of methoxy groups -OCH3 is 1. The lowest BCUT2D eigenvalue weighted by atomic mass is 10.3. The van der Waals surface area contributed by atoms with Crippen molar-refractivity contribution in [3.8, 4) is 5.75 Å². The van der Waals surface area contributed by atoms with Gasteiger partial charge >= 0.3 is 0 Å². The molecular formula is C18H24BrN3O4S2. The van der Waals surface area contributed by atoms with Crippen molar-refractivity contribution in [2.45, 2.75) is 18.4 Å². The summed E-state index contributed by atoms with van der Waals surface area (Å²) < 4.78 is 32.3. The van der Waals surface area contributed by atoms with Crippen LogP contribution < -0.4 is 10.1 Å². The highest BCUT2D eigenvalue weighted by Crippen LogP contribution is 2.29. The summed E-state index contributed by atoms with van der Waals surface area (Å²) in [5, 5.41) is 2.78. The van der Waals surface area contributed by atoms with Crippen LogP contribution in [0.1, 0.15) is 11.8 Å². The molecule has 28 heavy (non-hydrogen) atoms. The van der Waals surface area contributed by atoms with E-state index in [1.807, 2.05) is 24.0 Å². The molecule has 1 amide bonds. The average molecular weight is 490 g/mol. The van der Waals surface area contributed by atoms with Crippen molar-refractivity contribution in [1.29, 1.82) is 0 Å². The maximum Gasteiger partial charge on any atom is 0.246 e. The van der Waals surface area contributed by atoms with Gasteiger partial charge in [0.25, 0.3) is 0 Å². The summed E-state index contributed by atoms with van der Waals surface area (Å²) in [4.78, 5) is 15.7. The fourth-order valence-electron chi connectivity index (χ4n) is 2.49. The Morgan fingerprint density at radius 2 is 1.96 bits per heavy atom. The van der Waals surface area contributed by atoms with Gasteiger partial charge in [-0.3, -0.25) is 9.69 Å². The van der Waals surface area contributed by atoms with Gasteiger partial charge in [0.1, 0.15) is 10.6 Å². The zero-order valence-corrected chi connectivity index (χ0v) is 19.4. The van der Waals surface area contributed by atoms with Crippen LogP contribution in [0.3, 0.4) is 0 Å². The Balaban J connectivity index is 2.12. The highest BCUT2D eigenvalue weighted by molar-refractivity contribution is 9.11. The van der Waals surface area contributed by atoms with Gasteiger partial charge in [-0.2, -0.15) is 0 Å². The third-order valence-corrected chi connectivity index (χ3v) is 7.47. The van der Waals surface area contributed by atoms with E-state index >= 15 is 0 Å². The quantitative estimate of drug-likeness (QED) is 0.584. The van der Waals surface area contributed by atoms with Crippen molar-refractivity contribution in [3.63, 3.8) is 0 Å². The maximum absolute atomic E-state index is 12.5. The van der Waals surface area contributed by atoms with Gasteiger partial charge in [0.2, 0.25) is 15.9 Å². The van der Waals surface area contributed by atoms with E-state index in [9.17, 15) is 13.2 Å². The molecule has 2 rings (SSSR count). The van der Waals surface area contributed by atoms with Crippen LogP contribution in [0, 0.1) is 0 Å². The SMILES string of the molecule is CCN(CC(=O)Nc1ccc(OC)c(S(=O)(=O)N(C)C)c1)Cc1ccc(Br)s1. The van der Waals surface area contributed by atoms with Crippen molar-refractivity contribution in [2.75, 3.05) is 39.6 Å². The predicted molar refractivity (Wildman–Crippen MR) is 115 cm³/mol. The summed E-state index contributed by atoms with van der Waals surface area (Å²) in [6, 6.07) is 8.58. The molecule has 1 aromatic carbocycles. The van der Waals surface area contributed by atoms with Crippen LogP contribution in [-0.4, -0.2) is 57.8 Å². The fourth-order valence-corrected chi connectivity index (χ4v) is 5.09. The molecule has 0 saturated heterocycles. The number of likely N-dealkylation sites (N-methyl/N-ethyl adjacent to an activating group) is 1. The Labute approximate surface area is 178 Å². The van der Waals surface area contributed by atoms with Crippen LogP contribution in [0.15, 0.2) is 39.0 Å². The number of benzene rings is 1. The molecule has 1 heterocycles. The van der Waals surface area contributed by atoms with Crippen LogP contribution in [-0.2, 0) is 21.4 Å². The summed E-state index contributed by atoms with van der Waals surface area (Å²) in [5.74, 6) is 0.0148. The van der Waals surface area contributed by atoms with Crippen LogP contribution in [0.5, 0.6) is 5.75 Å². The van der Waals surface area contributed by atoms with Crippen LogP contribution in [0.2, 0.25) is 0 Å². The largest absolute Gasteiger partial charge is 0.495 e. The van der Waals surface area contributed by atoms with E-state index in [1.165, 1.54) is 33.3 Å². The van der Waals surface area contributed by atoms with E-state index in [0.717, 1.165) is 13.0 Å². The number of thiophene rings is 1. The number of anilines is 1. The van der Waals surface area contributed by atoms with Gasteiger partial charge in [-0.1, -0.05) is 6.92 Å². The number of carbonyl (C=O) groups excluding carboxylic acids is 1. The van der Waals surface area contributed by atoms with Crippen LogP contribution in [0.4, 0.5) is 5.69 Å². The first-order valence-corrected chi connectivity index (χ1v) is 11.6. The number of nitrogens with zero attached hydrogens (tertiary/aromatic N) is 2. The summed E-state index contributed by atoms with van der Waals surface area (Å²) in [5.41, 5.74) is 0.404. The molecule has 154 valence electrons. The molecule has 1 N–H and O–H groups in total. The zero-order valence-electron chi connectivity index (χ0n) is 16.2. The second-order valence-electron chi connectivity index (χ2n) is 6.21. The Hall–Kier alpha value is -1.46. The Kier molecular flexibility index (Phi) is 8.02. The Morgan fingerprint density at radius 1 is 1.25 bits per heavy atom. The molecular weight excluding hydrogens is 466 g/mol. The third kappa shape index (κ3) is 5.77. The number of ether oxygens (including phenoxy) is 1. The molecule has 0 fully saturated rings. The number of amides is 1. The lowest BCUT2D eigenvalue weighted by Gasteiger charge is -2.19. The number of rotatable bonds is 9. The van der Waals surface area contributed by atoms with Gasteiger partial charge in [0, 0.05) is 31.2 Å². The molecule has 2 aromatic rings. The molecule has 0 bridgehead atoms. The van der Waals surface area contributed by atoms with E-state index in [2.05, 4.69) is 21.2 Å². The first-order chi connectivity index (χ1) is 13.2.